The third-order valence-corrected chi connectivity index (χ3v) is 8.78. The topological polar surface area (TPSA) is 108 Å². The average Bonchev–Trinajstić information content (AvgIpc) is 3.50. The largest absolute Gasteiger partial charge is 0.488 e. The van der Waals surface area contributed by atoms with Crippen LogP contribution in [0.3, 0.4) is 0 Å². The Morgan fingerprint density at radius 1 is 1.09 bits per heavy atom. The van der Waals surface area contributed by atoms with Gasteiger partial charge in [0, 0.05) is 38.4 Å². The molecular formula is C35H40N4O6. The van der Waals surface area contributed by atoms with Gasteiger partial charge in [0.25, 0.3) is 0 Å². The highest BCUT2D eigenvalue weighted by Gasteiger charge is 2.27. The summed E-state index contributed by atoms with van der Waals surface area (Å²) in [4.78, 5) is 19.3. The molecule has 0 spiro atoms. The minimum absolute atomic E-state index is 0.0472. The van der Waals surface area contributed by atoms with Gasteiger partial charge in [0.15, 0.2) is 5.82 Å². The first-order chi connectivity index (χ1) is 21.9. The number of ether oxygens (including phenoxy) is 4. The van der Waals surface area contributed by atoms with Gasteiger partial charge in [-0.1, -0.05) is 30.3 Å². The van der Waals surface area contributed by atoms with Crippen molar-refractivity contribution in [2.24, 2.45) is 0 Å². The Morgan fingerprint density at radius 3 is 2.76 bits per heavy atom. The lowest BCUT2D eigenvalue weighted by Crippen LogP contribution is -2.44. The smallest absolute Gasteiger partial charge is 0.342 e. The number of aromatic carboxylic acids is 1. The number of carbonyl (C=O) groups is 1. The van der Waals surface area contributed by atoms with E-state index in [9.17, 15) is 9.90 Å². The van der Waals surface area contributed by atoms with Crippen molar-refractivity contribution in [3.05, 3.63) is 88.1 Å². The predicted octanol–water partition coefficient (Wildman–Crippen LogP) is 5.39. The van der Waals surface area contributed by atoms with Crippen molar-refractivity contribution in [1.29, 1.82) is 0 Å². The monoisotopic (exact) mass is 612 g/mol. The Morgan fingerprint density at radius 2 is 1.96 bits per heavy atom. The molecule has 4 aromatic rings. The van der Waals surface area contributed by atoms with E-state index in [-0.39, 0.29) is 18.1 Å². The number of carboxylic acids is 1. The molecule has 4 heterocycles. The van der Waals surface area contributed by atoms with Crippen LogP contribution in [0.25, 0.3) is 17.1 Å². The second-order valence-electron chi connectivity index (χ2n) is 11.6. The van der Waals surface area contributed by atoms with Crippen LogP contribution in [0.2, 0.25) is 0 Å². The fourth-order valence-electron chi connectivity index (χ4n) is 6.29. The summed E-state index contributed by atoms with van der Waals surface area (Å²) in [6.07, 6.45) is 4.66. The van der Waals surface area contributed by atoms with Crippen LogP contribution in [0.4, 0.5) is 0 Å². The van der Waals surface area contributed by atoms with Gasteiger partial charge in [0.2, 0.25) is 5.88 Å². The van der Waals surface area contributed by atoms with Crippen molar-refractivity contribution in [3.63, 3.8) is 0 Å². The van der Waals surface area contributed by atoms with Crippen LogP contribution in [0, 0.1) is 13.8 Å². The molecule has 1 fully saturated rings. The van der Waals surface area contributed by atoms with E-state index in [2.05, 4.69) is 29.1 Å². The summed E-state index contributed by atoms with van der Waals surface area (Å²) >= 11 is 0. The number of carboxylic acid groups (broad SMARTS) is 1. The maximum Gasteiger partial charge on any atom is 0.342 e. The van der Waals surface area contributed by atoms with Crippen molar-refractivity contribution in [3.8, 4) is 28.7 Å². The number of pyridine rings is 1. The van der Waals surface area contributed by atoms with Crippen LogP contribution in [-0.4, -0.2) is 76.9 Å². The number of aromatic nitrogens is 3. The molecule has 0 radical (unpaired) electrons. The van der Waals surface area contributed by atoms with Gasteiger partial charge in [0.1, 0.15) is 24.5 Å². The molecule has 0 amide bonds. The standard InChI is InChI=1S/C35H40N4O6/c1-23-7-4-9-29(31-10-5-11-32(37-31)39-34(44-18-17-42-3)30(19-36-39)35(40)41)33(23)45-21-26-13-12-25-20-38(15-14-28(25)24(26)2)27-8-6-16-43-22-27/h4-5,7,9-13,19,27H,6,8,14-18,20-22H2,1-3H3,(H,40,41). The molecule has 1 unspecified atom stereocenters. The van der Waals surface area contributed by atoms with Gasteiger partial charge in [-0.3, -0.25) is 4.90 Å². The molecule has 236 valence electrons. The minimum Gasteiger partial charge on any atom is -0.488 e. The van der Waals surface area contributed by atoms with Crippen LogP contribution in [0.5, 0.6) is 11.6 Å². The molecule has 1 atom stereocenters. The highest BCUT2D eigenvalue weighted by molar-refractivity contribution is 5.90. The molecule has 0 saturated carbocycles. The molecule has 10 nitrogen and oxygen atoms in total. The van der Waals surface area contributed by atoms with E-state index in [1.165, 1.54) is 39.6 Å². The average molecular weight is 613 g/mol. The first-order valence-corrected chi connectivity index (χ1v) is 15.5. The van der Waals surface area contributed by atoms with E-state index < -0.39 is 5.97 Å². The molecule has 0 aliphatic carbocycles. The van der Waals surface area contributed by atoms with E-state index >= 15 is 0 Å². The van der Waals surface area contributed by atoms with E-state index in [0.29, 0.717) is 30.8 Å². The van der Waals surface area contributed by atoms with Crippen molar-refractivity contribution in [2.75, 3.05) is 40.1 Å². The summed E-state index contributed by atoms with van der Waals surface area (Å²) in [5, 5.41) is 14.0. The molecule has 2 aromatic carbocycles. The van der Waals surface area contributed by atoms with Gasteiger partial charge in [-0.15, -0.1) is 0 Å². The maximum atomic E-state index is 11.8. The van der Waals surface area contributed by atoms with Gasteiger partial charge in [-0.05, 0) is 79.1 Å². The van der Waals surface area contributed by atoms with Gasteiger partial charge >= 0.3 is 5.97 Å². The SMILES string of the molecule is COCCOc1c(C(=O)O)cnn1-c1cccc(-c2cccc(C)c2OCc2ccc3c(c2C)CCN(C2CCCOC2)C3)n1. The lowest BCUT2D eigenvalue weighted by atomic mass is 9.91. The van der Waals surface area contributed by atoms with Crippen LogP contribution in [0.15, 0.2) is 54.7 Å². The van der Waals surface area contributed by atoms with Crippen molar-refractivity contribution >= 4 is 5.97 Å². The summed E-state index contributed by atoms with van der Waals surface area (Å²) in [6, 6.07) is 16.5. The molecule has 0 bridgehead atoms. The van der Waals surface area contributed by atoms with Crippen LogP contribution < -0.4 is 9.47 Å². The molecule has 2 aliphatic heterocycles. The fraction of sp³-hybridized carbons (Fsp3) is 0.400. The summed E-state index contributed by atoms with van der Waals surface area (Å²) < 4.78 is 24.5. The summed E-state index contributed by atoms with van der Waals surface area (Å²) in [6.45, 7) is 8.91. The Bertz CT molecular complexity index is 1660. The number of para-hydroxylation sites is 1. The zero-order valence-electron chi connectivity index (χ0n) is 26.1. The molecule has 6 rings (SSSR count). The zero-order chi connectivity index (χ0) is 31.3. The molecular weight excluding hydrogens is 572 g/mol. The number of methoxy groups -OCH3 is 1. The summed E-state index contributed by atoms with van der Waals surface area (Å²) in [5.74, 6) is 0.154. The number of hydrogen-bond acceptors (Lipinski definition) is 8. The Labute approximate surface area is 263 Å². The number of rotatable bonds is 11. The number of nitrogens with zero attached hydrogens (tertiary/aromatic N) is 4. The van der Waals surface area contributed by atoms with Gasteiger partial charge in [0.05, 0.1) is 25.1 Å². The predicted molar refractivity (Wildman–Crippen MR) is 169 cm³/mol. The first-order valence-electron chi connectivity index (χ1n) is 15.5. The van der Waals surface area contributed by atoms with Crippen LogP contribution >= 0.6 is 0 Å². The van der Waals surface area contributed by atoms with E-state index in [0.717, 1.165) is 56.0 Å². The minimum atomic E-state index is -1.13. The van der Waals surface area contributed by atoms with Crippen molar-refractivity contribution in [2.45, 2.75) is 52.3 Å². The zero-order valence-corrected chi connectivity index (χ0v) is 26.1. The third-order valence-electron chi connectivity index (χ3n) is 8.78. The summed E-state index contributed by atoms with van der Waals surface area (Å²) in [7, 11) is 1.56. The highest BCUT2D eigenvalue weighted by atomic mass is 16.5. The lowest BCUT2D eigenvalue weighted by Gasteiger charge is -2.38. The van der Waals surface area contributed by atoms with Crippen LogP contribution in [0.1, 0.15) is 51.0 Å². The summed E-state index contributed by atoms with van der Waals surface area (Å²) in [5.41, 5.74) is 7.78. The van der Waals surface area contributed by atoms with Crippen LogP contribution in [-0.2, 0) is 29.0 Å². The van der Waals surface area contributed by atoms with Crippen molar-refractivity contribution in [1.82, 2.24) is 19.7 Å². The molecule has 2 aliphatic rings. The molecule has 2 aromatic heterocycles. The second kappa shape index (κ2) is 13.8. The van der Waals surface area contributed by atoms with E-state index in [4.69, 9.17) is 23.9 Å². The quantitative estimate of drug-likeness (QED) is 0.223. The molecule has 45 heavy (non-hydrogen) atoms. The highest BCUT2D eigenvalue weighted by Crippen LogP contribution is 2.35. The van der Waals surface area contributed by atoms with Crippen molar-refractivity contribution < 1.29 is 28.8 Å². The number of hydrogen-bond donors (Lipinski definition) is 1. The molecule has 1 N–H and O–H groups in total. The van der Waals surface area contributed by atoms with E-state index in [1.807, 2.05) is 37.3 Å². The molecule has 10 heteroatoms. The fourth-order valence-corrected chi connectivity index (χ4v) is 6.29. The van der Waals surface area contributed by atoms with Gasteiger partial charge < -0.3 is 24.1 Å². The lowest BCUT2D eigenvalue weighted by molar-refractivity contribution is 0.0125. The van der Waals surface area contributed by atoms with Gasteiger partial charge in [-0.2, -0.15) is 9.78 Å². The Balaban J connectivity index is 1.23. The Hall–Kier alpha value is -4.25. The number of benzene rings is 2. The van der Waals surface area contributed by atoms with Gasteiger partial charge in [-0.25, -0.2) is 9.78 Å². The maximum absolute atomic E-state index is 11.8. The molecule has 1 saturated heterocycles. The third kappa shape index (κ3) is 6.58. The Kier molecular flexibility index (Phi) is 9.44. The second-order valence-corrected chi connectivity index (χ2v) is 11.6. The number of aryl methyl sites for hydroxylation is 1. The normalized spacial score (nSPS) is 16.7. The first kappa shape index (κ1) is 30.8. The number of fused-ring (bicyclic) bond motifs is 1. The van der Waals surface area contributed by atoms with E-state index in [1.54, 1.807) is 13.2 Å².